The lowest BCUT2D eigenvalue weighted by Crippen LogP contribution is -1.98. The van der Waals surface area contributed by atoms with E-state index in [1.165, 1.54) is 22.1 Å². The molecule has 126 valence electrons. The lowest BCUT2D eigenvalue weighted by Gasteiger charge is -2.04. The summed E-state index contributed by atoms with van der Waals surface area (Å²) in [6.45, 7) is 4.74. The van der Waals surface area contributed by atoms with Gasteiger partial charge in [-0.1, -0.05) is 29.3 Å². The molecule has 4 heteroatoms. The molecule has 0 unspecified atom stereocenters. The fourth-order valence-corrected chi connectivity index (χ4v) is 2.89. The van der Waals surface area contributed by atoms with Crippen LogP contribution in [0.1, 0.15) is 16.7 Å². The number of nitrogens with two attached hydrogens (primary N) is 1. The number of pyridine rings is 2. The van der Waals surface area contributed by atoms with Crippen LogP contribution in [0.4, 0.5) is 0 Å². The zero-order valence-corrected chi connectivity index (χ0v) is 15.1. The monoisotopic (exact) mass is 349 g/mol. The molecule has 0 radical (unpaired) electrons. The second-order valence-electron chi connectivity index (χ2n) is 6.04. The van der Waals surface area contributed by atoms with Crippen molar-refractivity contribution >= 4 is 33.3 Å². The standard InChI is InChI=1S/C11H12N2.C10H8ClN/c1-8-4-9-2-3-13-7-11(9)5-10(8)6-12;1-7-2-4-9-8(6-7)3-5-10(11)12-9/h2-5,7H,6,12H2,1H3;2-6H,1H3. The lowest BCUT2D eigenvalue weighted by atomic mass is 10.0. The summed E-state index contributed by atoms with van der Waals surface area (Å²) in [4.78, 5) is 8.26. The van der Waals surface area contributed by atoms with E-state index in [2.05, 4.69) is 42.0 Å². The molecule has 4 aromatic rings. The number of fused-ring (bicyclic) bond motifs is 2. The Labute approximate surface area is 152 Å². The Morgan fingerprint density at radius 2 is 1.76 bits per heavy atom. The highest BCUT2D eigenvalue weighted by molar-refractivity contribution is 6.29. The van der Waals surface area contributed by atoms with Crippen LogP contribution in [0.3, 0.4) is 0 Å². The number of nitrogens with zero attached hydrogens (tertiary/aromatic N) is 2. The van der Waals surface area contributed by atoms with E-state index in [4.69, 9.17) is 17.3 Å². The van der Waals surface area contributed by atoms with E-state index in [-0.39, 0.29) is 0 Å². The third-order valence-corrected chi connectivity index (χ3v) is 4.34. The molecule has 0 saturated heterocycles. The highest BCUT2D eigenvalue weighted by atomic mass is 35.5. The van der Waals surface area contributed by atoms with Gasteiger partial charge in [0.15, 0.2) is 0 Å². The Balaban J connectivity index is 0.000000146. The van der Waals surface area contributed by atoms with Crippen LogP contribution in [0.2, 0.25) is 5.15 Å². The van der Waals surface area contributed by atoms with Gasteiger partial charge in [-0.25, -0.2) is 4.98 Å². The summed E-state index contributed by atoms with van der Waals surface area (Å²) in [7, 11) is 0. The lowest BCUT2D eigenvalue weighted by molar-refractivity contribution is 1.05. The van der Waals surface area contributed by atoms with Crippen molar-refractivity contribution in [3.05, 3.63) is 82.8 Å². The number of halogens is 1. The topological polar surface area (TPSA) is 51.8 Å². The minimum Gasteiger partial charge on any atom is -0.326 e. The summed E-state index contributed by atoms with van der Waals surface area (Å²) < 4.78 is 0. The fourth-order valence-electron chi connectivity index (χ4n) is 2.74. The van der Waals surface area contributed by atoms with Gasteiger partial charge in [0.05, 0.1) is 5.52 Å². The second kappa shape index (κ2) is 7.60. The average molecular weight is 350 g/mol. The molecule has 0 aliphatic rings. The van der Waals surface area contributed by atoms with E-state index in [9.17, 15) is 0 Å². The normalized spacial score (nSPS) is 10.6. The zero-order valence-electron chi connectivity index (χ0n) is 14.3. The first-order valence-electron chi connectivity index (χ1n) is 8.13. The van der Waals surface area contributed by atoms with Crippen LogP contribution in [0, 0.1) is 13.8 Å². The molecule has 0 spiro atoms. The fraction of sp³-hybridized carbons (Fsp3) is 0.143. The Morgan fingerprint density at radius 3 is 2.56 bits per heavy atom. The first-order chi connectivity index (χ1) is 12.1. The van der Waals surface area contributed by atoms with Crippen molar-refractivity contribution in [3.8, 4) is 0 Å². The molecule has 2 aromatic heterocycles. The Bertz CT molecular complexity index is 987. The van der Waals surface area contributed by atoms with Crippen LogP contribution in [0.25, 0.3) is 21.7 Å². The summed E-state index contributed by atoms with van der Waals surface area (Å²) >= 11 is 5.75. The molecule has 0 aliphatic carbocycles. The van der Waals surface area contributed by atoms with Crippen LogP contribution in [-0.2, 0) is 6.54 Å². The number of benzene rings is 2. The van der Waals surface area contributed by atoms with Gasteiger partial charge in [-0.15, -0.1) is 0 Å². The van der Waals surface area contributed by atoms with Gasteiger partial charge in [-0.3, -0.25) is 4.98 Å². The molecule has 4 rings (SSSR count). The van der Waals surface area contributed by atoms with Crippen molar-refractivity contribution in [3.63, 3.8) is 0 Å². The van der Waals surface area contributed by atoms with Crippen molar-refractivity contribution in [1.29, 1.82) is 0 Å². The summed E-state index contributed by atoms with van der Waals surface area (Å²) in [6.07, 6.45) is 3.68. The van der Waals surface area contributed by atoms with Crippen LogP contribution < -0.4 is 5.73 Å². The van der Waals surface area contributed by atoms with Gasteiger partial charge >= 0.3 is 0 Å². The Morgan fingerprint density at radius 1 is 0.920 bits per heavy atom. The highest BCUT2D eigenvalue weighted by Crippen LogP contribution is 2.18. The molecule has 2 N–H and O–H groups in total. The maximum Gasteiger partial charge on any atom is 0.129 e. The minimum atomic E-state index is 0.548. The summed E-state index contributed by atoms with van der Waals surface area (Å²) in [5.41, 5.74) is 10.3. The maximum absolute atomic E-state index is 5.75. The van der Waals surface area contributed by atoms with Crippen LogP contribution in [0.15, 0.2) is 60.9 Å². The van der Waals surface area contributed by atoms with E-state index in [1.54, 1.807) is 0 Å². The molecule has 0 saturated carbocycles. The number of aryl methyl sites for hydroxylation is 2. The van der Waals surface area contributed by atoms with E-state index >= 15 is 0 Å². The molecule has 0 atom stereocenters. The van der Waals surface area contributed by atoms with Crippen LogP contribution in [0.5, 0.6) is 0 Å². The van der Waals surface area contributed by atoms with Gasteiger partial charge in [-0.05, 0) is 66.8 Å². The average Bonchev–Trinajstić information content (AvgIpc) is 2.62. The largest absolute Gasteiger partial charge is 0.326 e. The van der Waals surface area contributed by atoms with Gasteiger partial charge in [0.2, 0.25) is 0 Å². The molecule has 3 nitrogen and oxygen atoms in total. The quantitative estimate of drug-likeness (QED) is 0.480. The molecule has 0 amide bonds. The second-order valence-corrected chi connectivity index (χ2v) is 6.42. The van der Waals surface area contributed by atoms with E-state index in [0.717, 1.165) is 16.3 Å². The first kappa shape index (κ1) is 17.3. The van der Waals surface area contributed by atoms with Crippen molar-refractivity contribution in [2.45, 2.75) is 20.4 Å². The predicted octanol–water partition coefficient (Wildman–Crippen LogP) is 5.20. The van der Waals surface area contributed by atoms with Crippen LogP contribution >= 0.6 is 11.6 Å². The molecule has 25 heavy (non-hydrogen) atoms. The van der Waals surface area contributed by atoms with Gasteiger partial charge in [0.1, 0.15) is 5.15 Å². The summed E-state index contributed by atoms with van der Waals surface area (Å²) in [5.74, 6) is 0. The van der Waals surface area contributed by atoms with E-state index < -0.39 is 0 Å². The third-order valence-electron chi connectivity index (χ3n) is 4.13. The highest BCUT2D eigenvalue weighted by Gasteiger charge is 1.99. The zero-order chi connectivity index (χ0) is 17.8. The first-order valence-corrected chi connectivity index (χ1v) is 8.51. The summed E-state index contributed by atoms with van der Waals surface area (Å²) in [6, 6.07) is 16.2. The molecule has 2 aromatic carbocycles. The molecule has 2 heterocycles. The molecular formula is C21H20ClN3. The maximum atomic E-state index is 5.75. The number of rotatable bonds is 1. The van der Waals surface area contributed by atoms with Gasteiger partial charge in [-0.2, -0.15) is 0 Å². The van der Waals surface area contributed by atoms with E-state index in [1.807, 2.05) is 42.7 Å². The van der Waals surface area contributed by atoms with Crippen LogP contribution in [-0.4, -0.2) is 9.97 Å². The number of hydrogen-bond donors (Lipinski definition) is 1. The molecule has 0 aliphatic heterocycles. The smallest absolute Gasteiger partial charge is 0.129 e. The minimum absolute atomic E-state index is 0.548. The molecule has 0 fully saturated rings. The predicted molar refractivity (Wildman–Crippen MR) is 106 cm³/mol. The Kier molecular flexibility index (Phi) is 5.27. The van der Waals surface area contributed by atoms with E-state index in [0.29, 0.717) is 11.7 Å². The van der Waals surface area contributed by atoms with Crippen molar-refractivity contribution < 1.29 is 0 Å². The SMILES string of the molecule is Cc1cc2ccncc2cc1CN.Cc1ccc2nc(Cl)ccc2c1. The van der Waals surface area contributed by atoms with Crippen molar-refractivity contribution in [2.75, 3.05) is 0 Å². The number of hydrogen-bond acceptors (Lipinski definition) is 3. The van der Waals surface area contributed by atoms with Gasteiger partial charge < -0.3 is 5.73 Å². The molecule has 0 bridgehead atoms. The molecular weight excluding hydrogens is 330 g/mol. The third kappa shape index (κ3) is 4.13. The van der Waals surface area contributed by atoms with Crippen molar-refractivity contribution in [1.82, 2.24) is 9.97 Å². The van der Waals surface area contributed by atoms with Gasteiger partial charge in [0.25, 0.3) is 0 Å². The number of aromatic nitrogens is 2. The van der Waals surface area contributed by atoms with Gasteiger partial charge in [0, 0.05) is 29.7 Å². The Hall–Kier alpha value is -2.49. The van der Waals surface area contributed by atoms with Crippen molar-refractivity contribution in [2.24, 2.45) is 5.73 Å². The summed E-state index contributed by atoms with van der Waals surface area (Å²) in [5, 5.41) is 4.07.